The van der Waals surface area contributed by atoms with Gasteiger partial charge in [0.05, 0.1) is 24.9 Å². The molecule has 1 atom stereocenters. The maximum Gasteiger partial charge on any atom is 0.306 e. The number of ether oxygens (including phenoxy) is 1. The van der Waals surface area contributed by atoms with Crippen LogP contribution in [-0.2, 0) is 9.53 Å². The van der Waals surface area contributed by atoms with Crippen LogP contribution in [0, 0.1) is 0 Å². The molecule has 0 bridgehead atoms. The van der Waals surface area contributed by atoms with Crippen molar-refractivity contribution < 1.29 is 9.53 Å². The maximum atomic E-state index is 11.2. The zero-order valence-corrected chi connectivity index (χ0v) is 16.1. The predicted molar refractivity (Wildman–Crippen MR) is 106 cm³/mol. The van der Waals surface area contributed by atoms with Crippen molar-refractivity contribution in [3.8, 4) is 0 Å². The van der Waals surface area contributed by atoms with E-state index >= 15 is 0 Å². The van der Waals surface area contributed by atoms with E-state index in [0.717, 1.165) is 35.5 Å². The van der Waals surface area contributed by atoms with E-state index < -0.39 is 0 Å². The molecule has 1 aromatic carbocycles. The number of esters is 1. The van der Waals surface area contributed by atoms with Gasteiger partial charge in [0.15, 0.2) is 0 Å². The number of carbonyl (C=O) groups excluding carboxylic acids is 1. The van der Waals surface area contributed by atoms with Crippen LogP contribution < -0.4 is 21.9 Å². The van der Waals surface area contributed by atoms with Gasteiger partial charge in [-0.15, -0.1) is 11.8 Å². The summed E-state index contributed by atoms with van der Waals surface area (Å²) in [6.45, 7) is 4.35. The summed E-state index contributed by atoms with van der Waals surface area (Å²) >= 11 is 1.59. The molecule has 1 rings (SSSR count). The molecule has 0 saturated carbocycles. The molecule has 0 aromatic heterocycles. The normalized spacial score (nSPS) is 12.2. The van der Waals surface area contributed by atoms with Gasteiger partial charge in [-0.1, -0.05) is 20.3 Å². The minimum absolute atomic E-state index is 0.206. The van der Waals surface area contributed by atoms with Crippen LogP contribution in [-0.4, -0.2) is 24.9 Å². The van der Waals surface area contributed by atoms with Crippen molar-refractivity contribution in [1.82, 2.24) is 0 Å². The van der Waals surface area contributed by atoms with Crippen LogP contribution in [0.5, 0.6) is 0 Å². The fourth-order valence-corrected chi connectivity index (χ4v) is 3.27. The van der Waals surface area contributed by atoms with E-state index in [0.29, 0.717) is 18.2 Å². The van der Waals surface area contributed by atoms with Gasteiger partial charge in [0.2, 0.25) is 0 Å². The van der Waals surface area contributed by atoms with Crippen LogP contribution in [0.3, 0.4) is 0 Å². The third kappa shape index (κ3) is 7.27. The molecule has 0 radical (unpaired) electrons. The van der Waals surface area contributed by atoms with Crippen LogP contribution in [0.1, 0.15) is 39.5 Å². The molecule has 7 heteroatoms. The van der Waals surface area contributed by atoms with Gasteiger partial charge in [-0.2, -0.15) is 0 Å². The van der Waals surface area contributed by atoms with E-state index in [9.17, 15) is 4.79 Å². The van der Waals surface area contributed by atoms with Gasteiger partial charge in [0, 0.05) is 29.1 Å². The second-order valence-corrected chi connectivity index (χ2v) is 6.81. The van der Waals surface area contributed by atoms with Crippen molar-refractivity contribution in [3.63, 3.8) is 0 Å². The number of hydrogen-bond acceptors (Lipinski definition) is 7. The fourth-order valence-electron chi connectivity index (χ4n) is 2.41. The van der Waals surface area contributed by atoms with Crippen molar-refractivity contribution in [2.24, 2.45) is 11.6 Å². The van der Waals surface area contributed by atoms with Gasteiger partial charge in [-0.3, -0.25) is 9.80 Å². The molecule has 0 saturated heterocycles. The Kier molecular flexibility index (Phi) is 9.87. The molecule has 0 aliphatic carbocycles. The van der Waals surface area contributed by atoms with E-state index in [-0.39, 0.29) is 5.97 Å². The lowest BCUT2D eigenvalue weighted by atomic mass is 10.1. The van der Waals surface area contributed by atoms with E-state index in [1.807, 2.05) is 18.2 Å². The molecule has 0 aliphatic rings. The first-order valence-electron chi connectivity index (χ1n) is 8.58. The van der Waals surface area contributed by atoms with Crippen LogP contribution in [0.15, 0.2) is 35.5 Å². The van der Waals surface area contributed by atoms with Gasteiger partial charge in [-0.05, 0) is 31.0 Å². The lowest BCUT2D eigenvalue weighted by molar-refractivity contribution is -0.140. The SMILES string of the molecule is CCCC(CC)Nc1ccc(SCCC(=O)OC)cc1N(N)/C=C\N. The lowest BCUT2D eigenvalue weighted by Gasteiger charge is -2.24. The smallest absolute Gasteiger partial charge is 0.306 e. The largest absolute Gasteiger partial charge is 0.469 e. The van der Waals surface area contributed by atoms with Gasteiger partial charge in [-0.25, -0.2) is 5.84 Å². The van der Waals surface area contributed by atoms with Crippen molar-refractivity contribution in [3.05, 3.63) is 30.6 Å². The summed E-state index contributed by atoms with van der Waals surface area (Å²) in [6, 6.07) is 6.46. The van der Waals surface area contributed by atoms with Gasteiger partial charge in [0.1, 0.15) is 0 Å². The number of anilines is 2. The van der Waals surface area contributed by atoms with Crippen molar-refractivity contribution in [2.75, 3.05) is 23.2 Å². The Labute approximate surface area is 154 Å². The molecule has 0 aliphatic heterocycles. The summed E-state index contributed by atoms with van der Waals surface area (Å²) in [4.78, 5) is 12.3. The second kappa shape index (κ2) is 11.7. The number of nitrogens with two attached hydrogens (primary N) is 2. The summed E-state index contributed by atoms with van der Waals surface area (Å²) < 4.78 is 4.67. The Morgan fingerprint density at radius 3 is 2.80 bits per heavy atom. The summed E-state index contributed by atoms with van der Waals surface area (Å²) in [6.07, 6.45) is 6.66. The number of thioether (sulfide) groups is 1. The first-order valence-corrected chi connectivity index (χ1v) is 9.56. The van der Waals surface area contributed by atoms with E-state index in [2.05, 4.69) is 23.9 Å². The zero-order valence-electron chi connectivity index (χ0n) is 15.3. The highest BCUT2D eigenvalue weighted by Crippen LogP contribution is 2.32. The number of methoxy groups -OCH3 is 1. The maximum absolute atomic E-state index is 11.2. The number of hydrogen-bond donors (Lipinski definition) is 3. The van der Waals surface area contributed by atoms with Crippen LogP contribution in [0.2, 0.25) is 0 Å². The zero-order chi connectivity index (χ0) is 18.7. The highest BCUT2D eigenvalue weighted by atomic mass is 32.2. The number of carbonyl (C=O) groups is 1. The Morgan fingerprint density at radius 2 is 2.20 bits per heavy atom. The van der Waals surface area contributed by atoms with Gasteiger partial charge < -0.3 is 15.8 Å². The van der Waals surface area contributed by atoms with Crippen molar-refractivity contribution >= 4 is 29.1 Å². The number of hydrazine groups is 1. The number of nitrogens with zero attached hydrogens (tertiary/aromatic N) is 1. The number of rotatable bonds is 11. The van der Waals surface area contributed by atoms with Crippen molar-refractivity contribution in [1.29, 1.82) is 0 Å². The highest BCUT2D eigenvalue weighted by molar-refractivity contribution is 7.99. The molecule has 0 fully saturated rings. The summed E-state index contributed by atoms with van der Waals surface area (Å²) in [7, 11) is 1.40. The van der Waals surface area contributed by atoms with Crippen molar-refractivity contribution in [2.45, 2.75) is 50.5 Å². The minimum Gasteiger partial charge on any atom is -0.469 e. The molecule has 6 nitrogen and oxygen atoms in total. The second-order valence-electron chi connectivity index (χ2n) is 5.64. The average Bonchev–Trinajstić information content (AvgIpc) is 2.62. The molecule has 1 aromatic rings. The molecular formula is C18H30N4O2S. The quantitative estimate of drug-likeness (QED) is 0.239. The Morgan fingerprint density at radius 1 is 1.44 bits per heavy atom. The standard InChI is InChI=1S/C18H30N4O2S/c1-4-6-14(5-2)21-16-8-7-15(25-12-9-18(23)24-3)13-17(16)22(20)11-10-19/h7-8,10-11,13-14,21H,4-6,9,12,19-20H2,1-3H3/b11-10-. The highest BCUT2D eigenvalue weighted by Gasteiger charge is 2.12. The predicted octanol–water partition coefficient (Wildman–Crippen LogP) is 3.44. The van der Waals surface area contributed by atoms with Gasteiger partial charge in [0.25, 0.3) is 0 Å². The minimum atomic E-state index is -0.206. The molecule has 140 valence electrons. The average molecular weight is 367 g/mol. The molecule has 1 unspecified atom stereocenters. The van der Waals surface area contributed by atoms with Crippen LogP contribution >= 0.6 is 11.8 Å². The molecule has 0 heterocycles. The van der Waals surface area contributed by atoms with E-state index in [1.165, 1.54) is 18.3 Å². The topological polar surface area (TPSA) is 93.6 Å². The Hall–Kier alpha value is -1.86. The van der Waals surface area contributed by atoms with Crippen LogP contribution in [0.25, 0.3) is 0 Å². The summed E-state index contributed by atoms with van der Waals surface area (Å²) in [5, 5.41) is 5.07. The van der Waals surface area contributed by atoms with Crippen LogP contribution in [0.4, 0.5) is 11.4 Å². The molecule has 0 amide bonds. The third-order valence-corrected chi connectivity index (χ3v) is 4.78. The monoisotopic (exact) mass is 366 g/mol. The molecule has 5 N–H and O–H groups in total. The number of nitrogens with one attached hydrogen (secondary N) is 1. The Bertz CT molecular complexity index is 566. The fraction of sp³-hybridized carbons (Fsp3) is 0.500. The lowest BCUT2D eigenvalue weighted by Crippen LogP contribution is -2.27. The van der Waals surface area contributed by atoms with E-state index in [1.54, 1.807) is 18.0 Å². The van der Waals surface area contributed by atoms with Gasteiger partial charge >= 0.3 is 5.97 Å². The molecular weight excluding hydrogens is 336 g/mol. The molecule has 25 heavy (non-hydrogen) atoms. The summed E-state index contributed by atoms with van der Waals surface area (Å²) in [5.74, 6) is 6.56. The summed E-state index contributed by atoms with van der Waals surface area (Å²) in [5.41, 5.74) is 7.30. The Balaban J connectivity index is 2.94. The third-order valence-electron chi connectivity index (χ3n) is 3.79. The first-order chi connectivity index (χ1) is 12.0. The van der Waals surface area contributed by atoms with E-state index in [4.69, 9.17) is 11.6 Å². The molecule has 0 spiro atoms. The number of benzene rings is 1. The first kappa shape index (κ1) is 21.2.